The first-order valence-electron chi connectivity index (χ1n) is 6.42. The summed E-state index contributed by atoms with van der Waals surface area (Å²) in [6.45, 7) is 0. The number of methoxy groups -OCH3 is 1. The van der Waals surface area contributed by atoms with Crippen molar-refractivity contribution in [3.05, 3.63) is 71.3 Å². The molecule has 0 fully saturated rings. The number of carbonyl (C=O) groups is 1. The lowest BCUT2D eigenvalue weighted by atomic mass is 10.1. The van der Waals surface area contributed by atoms with Gasteiger partial charge in [-0.1, -0.05) is 42.5 Å². The number of esters is 1. The third kappa shape index (κ3) is 4.43. The van der Waals surface area contributed by atoms with Gasteiger partial charge in [-0.15, -0.1) is 0 Å². The molecule has 0 aliphatic rings. The van der Waals surface area contributed by atoms with Gasteiger partial charge in [-0.25, -0.2) is 13.2 Å². The second kappa shape index (κ2) is 6.54. The molecule has 0 aromatic heterocycles. The summed E-state index contributed by atoms with van der Waals surface area (Å²) in [6, 6.07) is 15.5. The Morgan fingerprint density at radius 2 is 1.57 bits per heavy atom. The number of hydrogen-bond acceptors (Lipinski definition) is 4. The highest BCUT2D eigenvalue weighted by Crippen LogP contribution is 2.14. The largest absolute Gasteiger partial charge is 0.465 e. The van der Waals surface area contributed by atoms with E-state index in [-0.39, 0.29) is 11.5 Å². The molecule has 0 aliphatic heterocycles. The summed E-state index contributed by atoms with van der Waals surface area (Å²) < 4.78 is 29.0. The summed E-state index contributed by atoms with van der Waals surface area (Å²) in [5.74, 6) is -0.597. The lowest BCUT2D eigenvalue weighted by Gasteiger charge is -2.06. The maximum Gasteiger partial charge on any atom is 0.337 e. The minimum Gasteiger partial charge on any atom is -0.465 e. The molecule has 2 aromatic rings. The van der Waals surface area contributed by atoms with Gasteiger partial charge in [0.2, 0.25) is 0 Å². The standard InChI is InChI=1S/C16H16O4S/c1-20-16(17)15-9-5-8-14(10-15)12-21(18,19)11-13-6-3-2-4-7-13/h2-10H,11-12H2,1H3. The first-order chi connectivity index (χ1) is 10.00. The zero-order valence-electron chi connectivity index (χ0n) is 11.7. The summed E-state index contributed by atoms with van der Waals surface area (Å²) in [5, 5.41) is 0. The van der Waals surface area contributed by atoms with E-state index in [0.29, 0.717) is 11.1 Å². The van der Waals surface area contributed by atoms with Gasteiger partial charge in [0, 0.05) is 0 Å². The Bertz CT molecular complexity index is 721. The molecule has 0 aliphatic carbocycles. The fraction of sp³-hybridized carbons (Fsp3) is 0.188. The summed E-state index contributed by atoms with van der Waals surface area (Å²) in [5.41, 5.74) is 1.68. The highest BCUT2D eigenvalue weighted by atomic mass is 32.2. The number of ether oxygens (including phenoxy) is 1. The number of sulfone groups is 1. The molecule has 110 valence electrons. The summed E-state index contributed by atoms with van der Waals surface area (Å²) in [4.78, 5) is 11.5. The maximum atomic E-state index is 12.2. The fourth-order valence-corrected chi connectivity index (χ4v) is 3.53. The van der Waals surface area contributed by atoms with Crippen LogP contribution < -0.4 is 0 Å². The second-order valence-corrected chi connectivity index (χ2v) is 6.77. The molecule has 0 spiro atoms. The molecule has 2 rings (SSSR count). The van der Waals surface area contributed by atoms with Crippen molar-refractivity contribution >= 4 is 15.8 Å². The Balaban J connectivity index is 2.15. The normalized spacial score (nSPS) is 11.1. The van der Waals surface area contributed by atoms with Gasteiger partial charge in [0.05, 0.1) is 24.2 Å². The molecule has 0 saturated carbocycles. The minimum absolute atomic E-state index is 0.0176. The molecule has 21 heavy (non-hydrogen) atoms. The van der Waals surface area contributed by atoms with Crippen LogP contribution in [-0.4, -0.2) is 21.5 Å². The van der Waals surface area contributed by atoms with Crippen LogP contribution >= 0.6 is 0 Å². The molecule has 0 amide bonds. The molecular weight excluding hydrogens is 288 g/mol. The molecule has 0 unspecified atom stereocenters. The zero-order chi connectivity index (χ0) is 15.3. The van der Waals surface area contributed by atoms with Crippen LogP contribution in [0.15, 0.2) is 54.6 Å². The van der Waals surface area contributed by atoms with Crippen LogP contribution in [0.2, 0.25) is 0 Å². The van der Waals surface area contributed by atoms with Crippen LogP contribution in [0.4, 0.5) is 0 Å². The average Bonchev–Trinajstić information content (AvgIpc) is 2.46. The molecule has 0 bridgehead atoms. The molecule has 0 heterocycles. The van der Waals surface area contributed by atoms with Crippen LogP contribution in [0.25, 0.3) is 0 Å². The van der Waals surface area contributed by atoms with E-state index in [0.717, 1.165) is 5.56 Å². The third-order valence-corrected chi connectivity index (χ3v) is 4.51. The first kappa shape index (κ1) is 15.3. The predicted molar refractivity (Wildman–Crippen MR) is 80.6 cm³/mol. The third-order valence-electron chi connectivity index (χ3n) is 2.96. The van der Waals surface area contributed by atoms with Crippen molar-refractivity contribution in [2.45, 2.75) is 11.5 Å². The lowest BCUT2D eigenvalue weighted by molar-refractivity contribution is 0.0600. The Hall–Kier alpha value is -2.14. The predicted octanol–water partition coefficient (Wildman–Crippen LogP) is 2.59. The van der Waals surface area contributed by atoms with E-state index in [1.165, 1.54) is 7.11 Å². The molecule has 0 radical (unpaired) electrons. The average molecular weight is 304 g/mol. The van der Waals surface area contributed by atoms with E-state index in [2.05, 4.69) is 4.74 Å². The van der Waals surface area contributed by atoms with Gasteiger partial charge in [-0.2, -0.15) is 0 Å². The monoisotopic (exact) mass is 304 g/mol. The summed E-state index contributed by atoms with van der Waals surface area (Å²) in [7, 11) is -2.00. The second-order valence-electron chi connectivity index (χ2n) is 4.71. The van der Waals surface area contributed by atoms with Crippen molar-refractivity contribution in [1.82, 2.24) is 0 Å². The van der Waals surface area contributed by atoms with E-state index in [1.807, 2.05) is 18.2 Å². The molecule has 0 saturated heterocycles. The number of hydrogen-bond donors (Lipinski definition) is 0. The maximum absolute atomic E-state index is 12.2. The summed E-state index contributed by atoms with van der Waals surface area (Å²) >= 11 is 0. The molecule has 4 nitrogen and oxygen atoms in total. The van der Waals surface area contributed by atoms with Gasteiger partial charge in [0.15, 0.2) is 9.84 Å². The number of benzene rings is 2. The topological polar surface area (TPSA) is 60.4 Å². The molecule has 0 atom stereocenters. The van der Waals surface area contributed by atoms with Gasteiger partial charge in [0.1, 0.15) is 0 Å². The Labute approximate surface area is 124 Å². The highest BCUT2D eigenvalue weighted by molar-refractivity contribution is 7.89. The van der Waals surface area contributed by atoms with E-state index in [9.17, 15) is 13.2 Å². The minimum atomic E-state index is -3.29. The van der Waals surface area contributed by atoms with Crippen LogP contribution in [0, 0.1) is 0 Å². The highest BCUT2D eigenvalue weighted by Gasteiger charge is 2.14. The zero-order valence-corrected chi connectivity index (χ0v) is 12.5. The number of carbonyl (C=O) groups excluding carboxylic acids is 1. The summed E-state index contributed by atoms with van der Waals surface area (Å²) in [6.07, 6.45) is 0. The molecule has 5 heteroatoms. The van der Waals surface area contributed by atoms with Gasteiger partial charge in [0.25, 0.3) is 0 Å². The van der Waals surface area contributed by atoms with Crippen molar-refractivity contribution in [3.63, 3.8) is 0 Å². The number of rotatable bonds is 5. The van der Waals surface area contributed by atoms with Gasteiger partial charge in [-0.05, 0) is 23.3 Å². The van der Waals surface area contributed by atoms with Crippen LogP contribution in [-0.2, 0) is 26.1 Å². The van der Waals surface area contributed by atoms with Crippen molar-refractivity contribution in [3.8, 4) is 0 Å². The van der Waals surface area contributed by atoms with Gasteiger partial charge >= 0.3 is 5.97 Å². The molecule has 2 aromatic carbocycles. The van der Waals surface area contributed by atoms with Crippen molar-refractivity contribution in [1.29, 1.82) is 0 Å². The van der Waals surface area contributed by atoms with Gasteiger partial charge < -0.3 is 4.74 Å². The molecule has 0 N–H and O–H groups in total. The lowest BCUT2D eigenvalue weighted by Crippen LogP contribution is -2.09. The Morgan fingerprint density at radius 1 is 0.952 bits per heavy atom. The SMILES string of the molecule is COC(=O)c1cccc(CS(=O)(=O)Cc2ccccc2)c1. The Kier molecular flexibility index (Phi) is 4.75. The quantitative estimate of drug-likeness (QED) is 0.797. The van der Waals surface area contributed by atoms with Crippen LogP contribution in [0.5, 0.6) is 0 Å². The first-order valence-corrected chi connectivity index (χ1v) is 8.24. The fourth-order valence-electron chi connectivity index (χ4n) is 2.04. The van der Waals surface area contributed by atoms with Crippen molar-refractivity contribution in [2.24, 2.45) is 0 Å². The van der Waals surface area contributed by atoms with Crippen molar-refractivity contribution in [2.75, 3.05) is 7.11 Å². The van der Waals surface area contributed by atoms with E-state index in [4.69, 9.17) is 0 Å². The van der Waals surface area contributed by atoms with Crippen molar-refractivity contribution < 1.29 is 17.9 Å². The van der Waals surface area contributed by atoms with E-state index < -0.39 is 15.8 Å². The van der Waals surface area contributed by atoms with Gasteiger partial charge in [-0.3, -0.25) is 0 Å². The van der Waals surface area contributed by atoms with E-state index >= 15 is 0 Å². The van der Waals surface area contributed by atoms with Crippen LogP contribution in [0.3, 0.4) is 0 Å². The van der Waals surface area contributed by atoms with Crippen LogP contribution in [0.1, 0.15) is 21.5 Å². The van der Waals surface area contributed by atoms with E-state index in [1.54, 1.807) is 36.4 Å². The smallest absolute Gasteiger partial charge is 0.337 e. The Morgan fingerprint density at radius 3 is 2.24 bits per heavy atom. The molecular formula is C16H16O4S.